The Labute approximate surface area is 124 Å². The molecule has 0 fully saturated rings. The molecule has 21 heavy (non-hydrogen) atoms. The van der Waals surface area contributed by atoms with Crippen LogP contribution in [0.4, 0.5) is 0 Å². The van der Waals surface area contributed by atoms with E-state index in [0.717, 1.165) is 0 Å². The van der Waals surface area contributed by atoms with E-state index in [1.807, 2.05) is 5.38 Å². The average Bonchev–Trinajstić information content (AvgIpc) is 3.27. The Hall–Kier alpha value is -2.31. The molecule has 0 saturated heterocycles. The summed E-state index contributed by atoms with van der Waals surface area (Å²) in [6.45, 7) is -0.0191. The second-order valence-electron chi connectivity index (χ2n) is 4.54. The molecule has 0 aliphatic heterocycles. The zero-order valence-corrected chi connectivity index (χ0v) is 11.8. The Morgan fingerprint density at radius 2 is 2.24 bits per heavy atom. The molecule has 3 heterocycles. The van der Waals surface area contributed by atoms with Crippen molar-refractivity contribution >= 4 is 17.2 Å². The summed E-state index contributed by atoms with van der Waals surface area (Å²) in [5.41, 5.74) is -0.389. The van der Waals surface area contributed by atoms with E-state index >= 15 is 0 Å². The second-order valence-corrected chi connectivity index (χ2v) is 5.32. The minimum absolute atomic E-state index is 0.0191. The zero-order valence-electron chi connectivity index (χ0n) is 11.0. The third kappa shape index (κ3) is 2.63. The Morgan fingerprint density at radius 1 is 1.33 bits per heavy atom. The molecule has 3 aromatic heterocycles. The lowest BCUT2D eigenvalue weighted by Gasteiger charge is -2.25. The number of aliphatic hydroxyl groups is 1. The summed E-state index contributed by atoms with van der Waals surface area (Å²) < 4.78 is 10.3. The van der Waals surface area contributed by atoms with Crippen LogP contribution >= 0.6 is 11.3 Å². The van der Waals surface area contributed by atoms with Crippen LogP contribution in [0.2, 0.25) is 0 Å². The number of furan rings is 2. The molecule has 0 aromatic carbocycles. The molecule has 1 amide bonds. The van der Waals surface area contributed by atoms with Crippen molar-refractivity contribution in [2.75, 3.05) is 6.54 Å². The van der Waals surface area contributed by atoms with E-state index < -0.39 is 5.60 Å². The van der Waals surface area contributed by atoms with Crippen LogP contribution in [0.1, 0.15) is 21.7 Å². The molecule has 108 valence electrons. The minimum atomic E-state index is -1.47. The highest BCUT2D eigenvalue weighted by Gasteiger charge is 2.36. The number of amides is 1. The quantitative estimate of drug-likeness (QED) is 0.759. The number of carbonyl (C=O) groups is 1. The summed E-state index contributed by atoms with van der Waals surface area (Å²) in [6.07, 6.45) is 4.37. The van der Waals surface area contributed by atoms with Crippen molar-refractivity contribution in [1.29, 1.82) is 0 Å². The van der Waals surface area contributed by atoms with Crippen molar-refractivity contribution in [2.45, 2.75) is 5.60 Å². The van der Waals surface area contributed by atoms with Gasteiger partial charge < -0.3 is 19.3 Å². The fourth-order valence-electron chi connectivity index (χ4n) is 2.05. The van der Waals surface area contributed by atoms with Gasteiger partial charge in [0.15, 0.2) is 5.60 Å². The van der Waals surface area contributed by atoms with E-state index in [2.05, 4.69) is 5.32 Å². The lowest BCUT2D eigenvalue weighted by molar-refractivity contribution is 0.0520. The van der Waals surface area contributed by atoms with Gasteiger partial charge in [-0.2, -0.15) is 11.3 Å². The van der Waals surface area contributed by atoms with Gasteiger partial charge in [-0.3, -0.25) is 4.79 Å². The average molecular weight is 303 g/mol. The smallest absolute Gasteiger partial charge is 0.252 e. The summed E-state index contributed by atoms with van der Waals surface area (Å²) in [7, 11) is 0. The SMILES string of the molecule is O=C(NC[C@@](O)(c1ccoc1)c1ccco1)c1ccsc1. The van der Waals surface area contributed by atoms with Gasteiger partial charge in [0.25, 0.3) is 5.91 Å². The van der Waals surface area contributed by atoms with Gasteiger partial charge in [-0.1, -0.05) is 0 Å². The van der Waals surface area contributed by atoms with Crippen LogP contribution in [-0.4, -0.2) is 17.6 Å². The van der Waals surface area contributed by atoms with Crippen LogP contribution in [0, 0.1) is 0 Å². The molecule has 0 saturated carbocycles. The minimum Gasteiger partial charge on any atom is -0.472 e. The molecule has 5 nitrogen and oxygen atoms in total. The maximum atomic E-state index is 12.0. The third-order valence-electron chi connectivity index (χ3n) is 3.22. The molecule has 0 unspecified atom stereocenters. The lowest BCUT2D eigenvalue weighted by atomic mass is 9.93. The molecule has 0 bridgehead atoms. The highest BCUT2D eigenvalue weighted by molar-refractivity contribution is 7.08. The van der Waals surface area contributed by atoms with Crippen LogP contribution in [0.5, 0.6) is 0 Å². The van der Waals surface area contributed by atoms with Crippen LogP contribution in [0.3, 0.4) is 0 Å². The van der Waals surface area contributed by atoms with Gasteiger partial charge in [0.2, 0.25) is 0 Å². The maximum Gasteiger partial charge on any atom is 0.252 e. The Morgan fingerprint density at radius 3 is 2.86 bits per heavy atom. The molecule has 2 N–H and O–H groups in total. The van der Waals surface area contributed by atoms with Crippen molar-refractivity contribution in [3.05, 3.63) is 70.7 Å². The molecule has 0 aliphatic carbocycles. The van der Waals surface area contributed by atoms with Gasteiger partial charge in [-0.25, -0.2) is 0 Å². The number of carbonyl (C=O) groups excluding carboxylic acids is 1. The van der Waals surface area contributed by atoms with Crippen molar-refractivity contribution in [1.82, 2.24) is 5.32 Å². The zero-order chi connectivity index (χ0) is 14.7. The van der Waals surface area contributed by atoms with Gasteiger partial charge in [0.05, 0.1) is 25.3 Å². The highest BCUT2D eigenvalue weighted by Crippen LogP contribution is 2.29. The molecule has 3 rings (SSSR count). The van der Waals surface area contributed by atoms with E-state index in [-0.39, 0.29) is 12.5 Å². The van der Waals surface area contributed by atoms with Crippen LogP contribution < -0.4 is 5.32 Å². The van der Waals surface area contributed by atoms with Crippen molar-refractivity contribution in [3.63, 3.8) is 0 Å². The standard InChI is InChI=1S/C15H13NO4S/c17-14(11-4-7-21-9-11)16-10-15(18,12-3-6-19-8-12)13-2-1-5-20-13/h1-9,18H,10H2,(H,16,17)/t15-/m1/s1. The maximum absolute atomic E-state index is 12.0. The lowest BCUT2D eigenvalue weighted by Crippen LogP contribution is -2.41. The van der Waals surface area contributed by atoms with Crippen molar-refractivity contribution in [3.8, 4) is 0 Å². The molecule has 3 aromatic rings. The van der Waals surface area contributed by atoms with Crippen LogP contribution in [-0.2, 0) is 5.60 Å². The van der Waals surface area contributed by atoms with E-state index in [1.165, 1.54) is 30.1 Å². The number of thiophene rings is 1. The molecular formula is C15H13NO4S. The molecule has 0 radical (unpaired) electrons. The largest absolute Gasteiger partial charge is 0.472 e. The van der Waals surface area contributed by atoms with Gasteiger partial charge in [-0.05, 0) is 29.6 Å². The first kappa shape index (κ1) is 13.7. The first-order chi connectivity index (χ1) is 10.2. The number of hydrogen-bond acceptors (Lipinski definition) is 5. The first-order valence-corrected chi connectivity index (χ1v) is 7.24. The Balaban J connectivity index is 1.83. The highest BCUT2D eigenvalue weighted by atomic mass is 32.1. The molecule has 0 aliphatic rings. The monoisotopic (exact) mass is 303 g/mol. The molecule has 1 atom stereocenters. The van der Waals surface area contributed by atoms with E-state index in [1.54, 1.807) is 29.6 Å². The Kier molecular flexibility index (Phi) is 3.64. The predicted molar refractivity (Wildman–Crippen MR) is 77.1 cm³/mol. The van der Waals surface area contributed by atoms with E-state index in [4.69, 9.17) is 8.83 Å². The summed E-state index contributed by atoms with van der Waals surface area (Å²) in [5.74, 6) is 0.0965. The van der Waals surface area contributed by atoms with Gasteiger partial charge >= 0.3 is 0 Å². The number of nitrogens with one attached hydrogen (secondary N) is 1. The van der Waals surface area contributed by atoms with Gasteiger partial charge in [0, 0.05) is 16.5 Å². The third-order valence-corrected chi connectivity index (χ3v) is 3.90. The molecule has 6 heteroatoms. The molecule has 0 spiro atoms. The van der Waals surface area contributed by atoms with E-state index in [0.29, 0.717) is 16.9 Å². The summed E-state index contributed by atoms with van der Waals surface area (Å²) in [6, 6.07) is 6.70. The van der Waals surface area contributed by atoms with Crippen molar-refractivity contribution < 1.29 is 18.7 Å². The first-order valence-electron chi connectivity index (χ1n) is 6.29. The number of rotatable bonds is 5. The summed E-state index contributed by atoms with van der Waals surface area (Å²) in [4.78, 5) is 12.0. The number of hydrogen-bond donors (Lipinski definition) is 2. The van der Waals surface area contributed by atoms with Gasteiger partial charge in [0.1, 0.15) is 5.76 Å². The van der Waals surface area contributed by atoms with Crippen LogP contribution in [0.25, 0.3) is 0 Å². The van der Waals surface area contributed by atoms with Gasteiger partial charge in [-0.15, -0.1) is 0 Å². The summed E-state index contributed by atoms with van der Waals surface area (Å²) in [5, 5.41) is 17.2. The fourth-order valence-corrected chi connectivity index (χ4v) is 2.69. The normalized spacial score (nSPS) is 13.8. The van der Waals surface area contributed by atoms with E-state index in [9.17, 15) is 9.90 Å². The fraction of sp³-hybridized carbons (Fsp3) is 0.133. The summed E-state index contributed by atoms with van der Waals surface area (Å²) >= 11 is 1.44. The topological polar surface area (TPSA) is 75.6 Å². The van der Waals surface area contributed by atoms with Crippen molar-refractivity contribution in [2.24, 2.45) is 0 Å². The molecular weight excluding hydrogens is 290 g/mol. The predicted octanol–water partition coefficient (Wildman–Crippen LogP) is 2.60. The second kappa shape index (κ2) is 5.59. The van der Waals surface area contributed by atoms with Crippen LogP contribution in [0.15, 0.2) is 62.6 Å². The Bertz CT molecular complexity index is 652.